The summed E-state index contributed by atoms with van der Waals surface area (Å²) in [5.74, 6) is -0.724. The highest BCUT2D eigenvalue weighted by Gasteiger charge is 2.41. The van der Waals surface area contributed by atoms with Crippen molar-refractivity contribution in [2.75, 3.05) is 11.9 Å². The Labute approximate surface area is 186 Å². The van der Waals surface area contributed by atoms with E-state index in [1.165, 1.54) is 6.07 Å². The number of pyridine rings is 1. The second-order valence-corrected chi connectivity index (χ2v) is 7.94. The maximum atomic E-state index is 13.9. The molecule has 4 rings (SSSR count). The lowest BCUT2D eigenvalue weighted by Crippen LogP contribution is -2.33. The van der Waals surface area contributed by atoms with E-state index >= 15 is 0 Å². The highest BCUT2D eigenvalue weighted by atomic mass is 32.1. The van der Waals surface area contributed by atoms with E-state index in [0.29, 0.717) is 11.7 Å². The van der Waals surface area contributed by atoms with Crippen molar-refractivity contribution in [3.05, 3.63) is 83.7 Å². The van der Waals surface area contributed by atoms with Gasteiger partial charge in [-0.2, -0.15) is 0 Å². The Morgan fingerprint density at radius 1 is 1.19 bits per heavy atom. The van der Waals surface area contributed by atoms with Crippen molar-refractivity contribution in [3.63, 3.8) is 0 Å². The topological polar surface area (TPSA) is 62.2 Å². The van der Waals surface area contributed by atoms with Crippen LogP contribution in [0.3, 0.4) is 0 Å². The molecule has 2 atom stereocenters. The van der Waals surface area contributed by atoms with Gasteiger partial charge < -0.3 is 20.1 Å². The molecule has 1 saturated heterocycles. The zero-order valence-corrected chi connectivity index (χ0v) is 18.2. The molecule has 1 aliphatic rings. The summed E-state index contributed by atoms with van der Waals surface area (Å²) in [7, 11) is 2.02. The largest absolute Gasteiger partial charge is 0.352 e. The molecule has 0 aliphatic carbocycles. The number of hydrogen-bond acceptors (Lipinski definition) is 3. The first-order valence-electron chi connectivity index (χ1n) is 10.1. The summed E-state index contributed by atoms with van der Waals surface area (Å²) < 4.78 is 16.0. The molecular weight excluding hydrogens is 413 g/mol. The van der Waals surface area contributed by atoms with Crippen LogP contribution in [0.15, 0.2) is 60.8 Å². The third-order valence-corrected chi connectivity index (χ3v) is 5.99. The Kier molecular flexibility index (Phi) is 5.99. The first kappa shape index (κ1) is 21.0. The Morgan fingerprint density at radius 3 is 2.65 bits per heavy atom. The molecule has 3 heterocycles. The molecule has 0 unspecified atom stereocenters. The Morgan fingerprint density at radius 2 is 1.97 bits per heavy atom. The summed E-state index contributed by atoms with van der Waals surface area (Å²) in [6, 6.07) is 15.8. The van der Waals surface area contributed by atoms with E-state index in [4.69, 9.17) is 12.2 Å². The molecule has 2 N–H and O–H groups in total. The zero-order chi connectivity index (χ0) is 22.0. The van der Waals surface area contributed by atoms with Gasteiger partial charge >= 0.3 is 0 Å². The molecule has 1 aromatic carbocycles. The van der Waals surface area contributed by atoms with E-state index in [9.17, 15) is 9.18 Å². The van der Waals surface area contributed by atoms with Crippen LogP contribution >= 0.6 is 12.2 Å². The highest BCUT2D eigenvalue weighted by Crippen LogP contribution is 2.39. The predicted molar refractivity (Wildman–Crippen MR) is 122 cm³/mol. The fraction of sp³-hybridized carbons (Fsp3) is 0.261. The average Bonchev–Trinajstić information content (AvgIpc) is 3.27. The lowest BCUT2D eigenvalue weighted by Gasteiger charge is -2.28. The van der Waals surface area contributed by atoms with Crippen LogP contribution in [0.2, 0.25) is 0 Å². The minimum atomic E-state index is -0.457. The third kappa shape index (κ3) is 4.29. The number of nitrogens with zero attached hydrogens (tertiary/aromatic N) is 3. The van der Waals surface area contributed by atoms with E-state index < -0.39 is 5.82 Å². The molecule has 0 bridgehead atoms. The van der Waals surface area contributed by atoms with Crippen molar-refractivity contribution in [1.82, 2.24) is 19.8 Å². The highest BCUT2D eigenvalue weighted by molar-refractivity contribution is 7.80. The van der Waals surface area contributed by atoms with Gasteiger partial charge in [0.05, 0.1) is 23.5 Å². The number of benzene rings is 1. The van der Waals surface area contributed by atoms with E-state index in [1.54, 1.807) is 24.4 Å². The lowest BCUT2D eigenvalue weighted by molar-refractivity contribution is -0.116. The monoisotopic (exact) mass is 437 g/mol. The van der Waals surface area contributed by atoms with Crippen molar-refractivity contribution >= 4 is 28.9 Å². The van der Waals surface area contributed by atoms with Crippen molar-refractivity contribution in [2.24, 2.45) is 7.05 Å². The smallest absolute Gasteiger partial charge is 0.226 e. The quantitative estimate of drug-likeness (QED) is 0.574. The number of carbonyl (C=O) groups excluding carboxylic acids is 1. The van der Waals surface area contributed by atoms with E-state index in [2.05, 4.69) is 32.3 Å². The van der Waals surface area contributed by atoms with E-state index in [-0.39, 0.29) is 30.1 Å². The second kappa shape index (κ2) is 8.85. The lowest BCUT2D eigenvalue weighted by atomic mass is 10.0. The molecule has 1 aliphatic heterocycles. The maximum absolute atomic E-state index is 13.9. The molecule has 0 radical (unpaired) electrons. The SMILES string of the molecule is Cc1ccc([C@H]2[C@@H](c3ccccn3)NC(=S)N2CCC(=O)Nc2ccccc2F)n1C. The molecule has 1 amide bonds. The molecule has 0 saturated carbocycles. The number of hydrogen-bond donors (Lipinski definition) is 2. The van der Waals surface area contributed by atoms with E-state index in [0.717, 1.165) is 17.1 Å². The molecule has 31 heavy (non-hydrogen) atoms. The van der Waals surface area contributed by atoms with Crippen molar-refractivity contribution in [1.29, 1.82) is 0 Å². The van der Waals surface area contributed by atoms with Crippen LogP contribution in [0, 0.1) is 12.7 Å². The van der Waals surface area contributed by atoms with Crippen LogP contribution < -0.4 is 10.6 Å². The van der Waals surface area contributed by atoms with Gasteiger partial charge in [-0.15, -0.1) is 0 Å². The standard InChI is InChI=1S/C23H24FN5OS/c1-15-10-11-19(28(15)2)22-21(18-9-5-6-13-25-18)27-23(31)29(22)14-12-20(30)26-17-8-4-3-7-16(17)24/h3-11,13,21-22H,12,14H2,1-2H3,(H,26,30)(H,27,31)/t21-,22+/m1/s1. The second-order valence-electron chi connectivity index (χ2n) is 7.56. The summed E-state index contributed by atoms with van der Waals surface area (Å²) >= 11 is 5.63. The van der Waals surface area contributed by atoms with Crippen LogP contribution in [0.4, 0.5) is 10.1 Å². The number of amides is 1. The van der Waals surface area contributed by atoms with Gasteiger partial charge in [0.25, 0.3) is 0 Å². The van der Waals surface area contributed by atoms with Gasteiger partial charge in [0.2, 0.25) is 5.91 Å². The molecule has 2 aromatic heterocycles. The van der Waals surface area contributed by atoms with Gasteiger partial charge in [-0.3, -0.25) is 9.78 Å². The Bertz CT molecular complexity index is 1100. The molecular formula is C23H24FN5OS. The normalized spacial score (nSPS) is 18.2. The van der Waals surface area contributed by atoms with Gasteiger partial charge in [-0.25, -0.2) is 4.39 Å². The number of anilines is 1. The number of carbonyl (C=O) groups is 1. The van der Waals surface area contributed by atoms with Gasteiger partial charge in [0.1, 0.15) is 5.82 Å². The van der Waals surface area contributed by atoms with E-state index in [1.807, 2.05) is 37.1 Å². The number of rotatable bonds is 6. The van der Waals surface area contributed by atoms with Gasteiger partial charge in [-0.1, -0.05) is 18.2 Å². The molecule has 1 fully saturated rings. The predicted octanol–water partition coefficient (Wildman–Crippen LogP) is 3.87. The number of para-hydroxylation sites is 1. The zero-order valence-electron chi connectivity index (χ0n) is 17.4. The van der Waals surface area contributed by atoms with Crippen molar-refractivity contribution in [2.45, 2.75) is 25.4 Å². The van der Waals surface area contributed by atoms with Crippen LogP contribution in [0.25, 0.3) is 0 Å². The number of nitrogens with one attached hydrogen (secondary N) is 2. The summed E-state index contributed by atoms with van der Waals surface area (Å²) in [5, 5.41) is 6.59. The van der Waals surface area contributed by atoms with Crippen LogP contribution in [-0.2, 0) is 11.8 Å². The summed E-state index contributed by atoms with van der Waals surface area (Å²) in [5.41, 5.74) is 3.27. The minimum Gasteiger partial charge on any atom is -0.352 e. The first-order valence-corrected chi connectivity index (χ1v) is 10.5. The number of aryl methyl sites for hydroxylation is 1. The molecule has 3 aromatic rings. The van der Waals surface area contributed by atoms with Crippen LogP contribution in [-0.4, -0.2) is 32.0 Å². The molecule has 0 spiro atoms. The maximum Gasteiger partial charge on any atom is 0.226 e. The van der Waals surface area contributed by atoms with Gasteiger partial charge in [0.15, 0.2) is 5.11 Å². The van der Waals surface area contributed by atoms with Crippen molar-refractivity contribution < 1.29 is 9.18 Å². The summed E-state index contributed by atoms with van der Waals surface area (Å²) in [4.78, 5) is 19.0. The third-order valence-electron chi connectivity index (χ3n) is 5.64. The summed E-state index contributed by atoms with van der Waals surface area (Å²) in [6.45, 7) is 2.44. The first-order chi connectivity index (χ1) is 15.0. The Balaban J connectivity index is 1.56. The van der Waals surface area contributed by atoms with Gasteiger partial charge in [0, 0.05) is 37.6 Å². The fourth-order valence-electron chi connectivity index (χ4n) is 3.90. The molecule has 160 valence electrons. The number of aromatic nitrogens is 2. The average molecular weight is 438 g/mol. The molecule has 8 heteroatoms. The minimum absolute atomic E-state index is 0.123. The number of thiocarbonyl (C=S) groups is 1. The van der Waals surface area contributed by atoms with Crippen LogP contribution in [0.5, 0.6) is 0 Å². The molecule has 6 nitrogen and oxygen atoms in total. The summed E-state index contributed by atoms with van der Waals surface area (Å²) in [6.07, 6.45) is 1.93. The Hall–Kier alpha value is -3.26. The number of halogens is 1. The van der Waals surface area contributed by atoms with Gasteiger partial charge in [-0.05, 0) is 55.5 Å². The fourth-order valence-corrected chi connectivity index (χ4v) is 4.23. The van der Waals surface area contributed by atoms with Crippen LogP contribution in [0.1, 0.15) is 35.6 Å². The van der Waals surface area contributed by atoms with Crippen molar-refractivity contribution in [3.8, 4) is 0 Å².